The van der Waals surface area contributed by atoms with Crippen molar-refractivity contribution in [3.8, 4) is 0 Å². The van der Waals surface area contributed by atoms with Gasteiger partial charge in [0.2, 0.25) is 5.28 Å². The standard InChI is InChI=1S/C12H16Cl3N3OSi/c1-20(2,3)7-19-5-4-18-6-8(13)9-10(14)16-12(15)17-11(9)18/h6H,4-5,7H2,1-3H3. The monoisotopic (exact) mass is 351 g/mol. The molecule has 2 aromatic heterocycles. The fourth-order valence-corrected chi connectivity index (χ4v) is 3.36. The fourth-order valence-electron chi connectivity index (χ4n) is 1.78. The van der Waals surface area contributed by atoms with Gasteiger partial charge < -0.3 is 9.30 Å². The van der Waals surface area contributed by atoms with Crippen molar-refractivity contribution in [2.24, 2.45) is 0 Å². The van der Waals surface area contributed by atoms with Gasteiger partial charge in [0.1, 0.15) is 10.8 Å². The lowest BCUT2D eigenvalue weighted by Crippen LogP contribution is -2.28. The summed E-state index contributed by atoms with van der Waals surface area (Å²) in [4.78, 5) is 8.09. The molecule has 2 heterocycles. The number of ether oxygens (including phenoxy) is 1. The average molecular weight is 353 g/mol. The molecule has 0 spiro atoms. The minimum atomic E-state index is -1.19. The van der Waals surface area contributed by atoms with Crippen LogP contribution in [-0.2, 0) is 11.3 Å². The van der Waals surface area contributed by atoms with Gasteiger partial charge in [-0.05, 0) is 11.6 Å². The number of fused-ring (bicyclic) bond motifs is 1. The number of aromatic nitrogens is 3. The maximum atomic E-state index is 6.16. The summed E-state index contributed by atoms with van der Waals surface area (Å²) in [7, 11) is -1.19. The van der Waals surface area contributed by atoms with Gasteiger partial charge in [-0.3, -0.25) is 0 Å². The maximum Gasteiger partial charge on any atom is 0.225 e. The fraction of sp³-hybridized carbons (Fsp3) is 0.500. The number of halogens is 3. The van der Waals surface area contributed by atoms with Gasteiger partial charge in [0.25, 0.3) is 0 Å². The van der Waals surface area contributed by atoms with Crippen molar-refractivity contribution in [2.45, 2.75) is 26.2 Å². The average Bonchev–Trinajstić information content (AvgIpc) is 2.60. The largest absolute Gasteiger partial charge is 0.383 e. The summed E-state index contributed by atoms with van der Waals surface area (Å²) in [6, 6.07) is 0. The first-order valence-corrected chi connectivity index (χ1v) is 11.1. The molecule has 0 aliphatic carbocycles. The highest BCUT2D eigenvalue weighted by Crippen LogP contribution is 2.30. The van der Waals surface area contributed by atoms with Crippen LogP contribution < -0.4 is 0 Å². The van der Waals surface area contributed by atoms with Crippen LogP contribution in [0.5, 0.6) is 0 Å². The van der Waals surface area contributed by atoms with Crippen LogP contribution in [0, 0.1) is 0 Å². The lowest BCUT2D eigenvalue weighted by Gasteiger charge is -2.15. The summed E-state index contributed by atoms with van der Waals surface area (Å²) in [6.45, 7) is 8.05. The topological polar surface area (TPSA) is 39.9 Å². The zero-order valence-corrected chi connectivity index (χ0v) is 14.9. The molecule has 2 aromatic rings. The quantitative estimate of drug-likeness (QED) is 0.349. The molecule has 20 heavy (non-hydrogen) atoms. The molecule has 0 saturated carbocycles. The molecular weight excluding hydrogens is 337 g/mol. The molecule has 2 rings (SSSR count). The summed E-state index contributed by atoms with van der Waals surface area (Å²) in [6.07, 6.45) is 2.61. The minimum absolute atomic E-state index is 0.113. The Morgan fingerprint density at radius 2 is 1.90 bits per heavy atom. The highest BCUT2D eigenvalue weighted by molar-refractivity contribution is 6.76. The van der Waals surface area contributed by atoms with Crippen LogP contribution in [0.25, 0.3) is 11.0 Å². The van der Waals surface area contributed by atoms with Gasteiger partial charge in [0.15, 0.2) is 0 Å². The molecule has 0 saturated heterocycles. The third-order valence-electron chi connectivity index (χ3n) is 2.61. The van der Waals surface area contributed by atoms with Crippen molar-refractivity contribution in [1.82, 2.24) is 14.5 Å². The van der Waals surface area contributed by atoms with E-state index in [0.29, 0.717) is 29.2 Å². The molecule has 0 atom stereocenters. The van der Waals surface area contributed by atoms with E-state index < -0.39 is 8.07 Å². The Kier molecular flexibility index (Phi) is 4.97. The zero-order chi connectivity index (χ0) is 14.9. The van der Waals surface area contributed by atoms with Crippen LogP contribution in [0.4, 0.5) is 0 Å². The lowest BCUT2D eigenvalue weighted by atomic mass is 10.4. The van der Waals surface area contributed by atoms with E-state index in [9.17, 15) is 0 Å². The molecule has 0 unspecified atom stereocenters. The normalized spacial score (nSPS) is 12.3. The van der Waals surface area contributed by atoms with Crippen LogP contribution in [0.3, 0.4) is 0 Å². The molecule has 0 radical (unpaired) electrons. The van der Waals surface area contributed by atoms with Gasteiger partial charge in [-0.25, -0.2) is 4.98 Å². The Bertz CT molecular complexity index is 624. The lowest BCUT2D eigenvalue weighted by molar-refractivity contribution is 0.164. The van der Waals surface area contributed by atoms with Crippen molar-refractivity contribution in [1.29, 1.82) is 0 Å². The molecule has 4 nitrogen and oxygen atoms in total. The number of hydrogen-bond donors (Lipinski definition) is 0. The molecule has 8 heteroatoms. The molecule has 0 fully saturated rings. The van der Waals surface area contributed by atoms with Gasteiger partial charge >= 0.3 is 0 Å². The van der Waals surface area contributed by atoms with Crippen molar-refractivity contribution >= 4 is 53.9 Å². The Hall–Kier alpha value is -0.333. The van der Waals surface area contributed by atoms with E-state index in [2.05, 4.69) is 29.6 Å². The van der Waals surface area contributed by atoms with Gasteiger partial charge in [-0.1, -0.05) is 42.8 Å². The molecule has 110 valence electrons. The Morgan fingerprint density at radius 3 is 2.55 bits per heavy atom. The molecule has 0 N–H and O–H groups in total. The minimum Gasteiger partial charge on any atom is -0.383 e. The van der Waals surface area contributed by atoms with Gasteiger partial charge in [0.05, 0.1) is 25.1 Å². The first kappa shape index (κ1) is 16.0. The summed E-state index contributed by atoms with van der Waals surface area (Å²) < 4.78 is 7.60. The SMILES string of the molecule is C[Si](C)(C)COCCn1cc(Cl)c2c(Cl)nc(Cl)nc21. The number of nitrogens with zero attached hydrogens (tertiary/aromatic N) is 3. The summed E-state index contributed by atoms with van der Waals surface area (Å²) in [5.41, 5.74) is 0.636. The molecule has 0 aromatic carbocycles. The van der Waals surface area contributed by atoms with E-state index in [4.69, 9.17) is 39.5 Å². The molecule has 0 aliphatic rings. The molecule has 0 aliphatic heterocycles. The zero-order valence-electron chi connectivity index (χ0n) is 11.6. The Morgan fingerprint density at radius 1 is 1.20 bits per heavy atom. The van der Waals surface area contributed by atoms with E-state index in [1.165, 1.54) is 0 Å². The first-order valence-electron chi connectivity index (χ1n) is 6.23. The smallest absolute Gasteiger partial charge is 0.225 e. The van der Waals surface area contributed by atoms with E-state index in [-0.39, 0.29) is 10.4 Å². The number of hydrogen-bond acceptors (Lipinski definition) is 3. The van der Waals surface area contributed by atoms with Crippen LogP contribution in [0.1, 0.15) is 0 Å². The predicted molar refractivity (Wildman–Crippen MR) is 86.7 cm³/mol. The third kappa shape index (κ3) is 3.86. The van der Waals surface area contributed by atoms with Gasteiger partial charge in [0, 0.05) is 19.0 Å². The van der Waals surface area contributed by atoms with Crippen molar-refractivity contribution in [2.75, 3.05) is 12.8 Å². The third-order valence-corrected chi connectivity index (χ3v) is 4.41. The first-order chi connectivity index (χ1) is 9.28. The van der Waals surface area contributed by atoms with E-state index in [1.807, 2.05) is 4.57 Å². The summed E-state index contributed by atoms with van der Waals surface area (Å²) in [5, 5.41) is 1.53. The second-order valence-electron chi connectivity index (χ2n) is 5.77. The van der Waals surface area contributed by atoms with Crippen LogP contribution >= 0.6 is 34.8 Å². The summed E-state index contributed by atoms with van der Waals surface area (Å²) in [5.74, 6) is 0. The Balaban J connectivity index is 2.15. The van der Waals surface area contributed by atoms with Crippen molar-refractivity contribution in [3.05, 3.63) is 21.7 Å². The van der Waals surface area contributed by atoms with Crippen molar-refractivity contribution in [3.63, 3.8) is 0 Å². The molecule has 0 amide bonds. The second kappa shape index (κ2) is 6.20. The molecule has 0 bridgehead atoms. The van der Waals surface area contributed by atoms with E-state index >= 15 is 0 Å². The van der Waals surface area contributed by atoms with Gasteiger partial charge in [-0.2, -0.15) is 4.98 Å². The number of rotatable bonds is 5. The molecular formula is C12H16Cl3N3OSi. The second-order valence-corrected chi connectivity index (χ2v) is 12.3. The Labute approximate surface area is 134 Å². The highest BCUT2D eigenvalue weighted by atomic mass is 35.5. The predicted octanol–water partition coefficient (Wildman–Crippen LogP) is 4.29. The summed E-state index contributed by atoms with van der Waals surface area (Å²) >= 11 is 18.0. The highest BCUT2D eigenvalue weighted by Gasteiger charge is 2.15. The maximum absolute atomic E-state index is 6.16. The van der Waals surface area contributed by atoms with Gasteiger partial charge in [-0.15, -0.1) is 0 Å². The van der Waals surface area contributed by atoms with Crippen LogP contribution in [0.15, 0.2) is 6.20 Å². The van der Waals surface area contributed by atoms with E-state index in [0.717, 1.165) is 6.23 Å². The van der Waals surface area contributed by atoms with Crippen LogP contribution in [-0.4, -0.2) is 35.4 Å². The van der Waals surface area contributed by atoms with E-state index in [1.54, 1.807) is 6.20 Å². The van der Waals surface area contributed by atoms with Crippen LogP contribution in [0.2, 0.25) is 35.1 Å². The van der Waals surface area contributed by atoms with Crippen molar-refractivity contribution < 1.29 is 4.74 Å².